The van der Waals surface area contributed by atoms with Crippen LogP contribution in [0.3, 0.4) is 0 Å². The fourth-order valence-electron chi connectivity index (χ4n) is 7.83. The topological polar surface area (TPSA) is 74.3 Å². The lowest BCUT2D eigenvalue weighted by Crippen LogP contribution is -2.05. The molecule has 0 radical (unpaired) electrons. The average Bonchev–Trinajstić information content (AvgIpc) is 3.75. The van der Waals surface area contributed by atoms with Gasteiger partial charge in [-0.1, -0.05) is 127 Å². The van der Waals surface area contributed by atoms with Gasteiger partial charge in [0.2, 0.25) is 5.95 Å². The van der Waals surface area contributed by atoms with E-state index < -0.39 is 0 Å². The molecule has 0 bridgehead atoms. The molecule has 0 amide bonds. The van der Waals surface area contributed by atoms with Crippen LogP contribution >= 0.6 is 0 Å². The van der Waals surface area contributed by atoms with Gasteiger partial charge in [-0.15, -0.1) is 0 Å². The lowest BCUT2D eigenvalue weighted by molar-refractivity contribution is 0.975. The minimum absolute atomic E-state index is 0.475. The van der Waals surface area contributed by atoms with Crippen molar-refractivity contribution in [2.45, 2.75) is 0 Å². The Morgan fingerprint density at radius 3 is 1.74 bits per heavy atom. The molecule has 252 valence electrons. The first kappa shape index (κ1) is 30.1. The molecule has 11 rings (SSSR count). The molecule has 54 heavy (non-hydrogen) atoms. The lowest BCUT2D eigenvalue weighted by atomic mass is 10.0. The van der Waals surface area contributed by atoms with E-state index in [0.717, 1.165) is 60.4 Å². The summed E-state index contributed by atoms with van der Waals surface area (Å²) in [5.74, 6) is 2.18. The maximum Gasteiger partial charge on any atom is 0.235 e. The fourth-order valence-corrected chi connectivity index (χ4v) is 7.83. The maximum atomic E-state index is 5.21. The Morgan fingerprint density at radius 1 is 0.370 bits per heavy atom. The van der Waals surface area contributed by atoms with Gasteiger partial charge in [0.05, 0.1) is 22.1 Å². The SMILES string of the molecule is c1ccc(-c2nc(-c3ccnc(-n4c5ccccc5c5cc6c7ccccc7n(-c7ccccc7)c6cc54)n3)nc(-c3cccc4ccccc34)n2)cc1. The maximum absolute atomic E-state index is 5.21. The number of para-hydroxylation sites is 3. The van der Waals surface area contributed by atoms with Crippen molar-refractivity contribution in [2.24, 2.45) is 0 Å². The third kappa shape index (κ3) is 4.72. The second-order valence-corrected chi connectivity index (χ2v) is 13.4. The van der Waals surface area contributed by atoms with E-state index in [1.165, 1.54) is 10.8 Å². The molecule has 0 saturated heterocycles. The second-order valence-electron chi connectivity index (χ2n) is 13.4. The zero-order chi connectivity index (χ0) is 35.6. The molecule has 0 aliphatic carbocycles. The summed E-state index contributed by atoms with van der Waals surface area (Å²) in [6.45, 7) is 0. The molecule has 0 unspecified atom stereocenters. The number of benzene rings is 7. The normalized spacial score (nSPS) is 11.7. The highest BCUT2D eigenvalue weighted by Crippen LogP contribution is 2.39. The number of rotatable bonds is 5. The van der Waals surface area contributed by atoms with Crippen molar-refractivity contribution in [3.8, 4) is 45.9 Å². The number of hydrogen-bond donors (Lipinski definition) is 0. The van der Waals surface area contributed by atoms with Crippen molar-refractivity contribution in [3.05, 3.63) is 176 Å². The lowest BCUT2D eigenvalue weighted by Gasteiger charge is -2.11. The van der Waals surface area contributed by atoms with Crippen molar-refractivity contribution >= 4 is 54.4 Å². The van der Waals surface area contributed by atoms with E-state index in [4.69, 9.17) is 24.9 Å². The van der Waals surface area contributed by atoms with Gasteiger partial charge in [-0.25, -0.2) is 24.9 Å². The van der Waals surface area contributed by atoms with Crippen molar-refractivity contribution in [3.63, 3.8) is 0 Å². The third-order valence-corrected chi connectivity index (χ3v) is 10.3. The molecular formula is C47H29N7. The highest BCUT2D eigenvalue weighted by molar-refractivity contribution is 6.19. The smallest absolute Gasteiger partial charge is 0.235 e. The summed E-state index contributed by atoms with van der Waals surface area (Å²) in [5.41, 5.74) is 7.84. The highest BCUT2D eigenvalue weighted by Gasteiger charge is 2.21. The van der Waals surface area contributed by atoms with Crippen molar-refractivity contribution < 1.29 is 0 Å². The van der Waals surface area contributed by atoms with Gasteiger partial charge in [0.25, 0.3) is 0 Å². The van der Waals surface area contributed by atoms with Crippen LogP contribution in [0.1, 0.15) is 0 Å². The van der Waals surface area contributed by atoms with Gasteiger partial charge in [0, 0.05) is 44.6 Å². The number of hydrogen-bond acceptors (Lipinski definition) is 5. The molecule has 4 heterocycles. The Morgan fingerprint density at radius 2 is 0.963 bits per heavy atom. The van der Waals surface area contributed by atoms with Gasteiger partial charge in [-0.05, 0) is 53.2 Å². The minimum Gasteiger partial charge on any atom is -0.309 e. The quantitative estimate of drug-likeness (QED) is 0.180. The van der Waals surface area contributed by atoms with Crippen molar-refractivity contribution in [1.29, 1.82) is 0 Å². The summed E-state index contributed by atoms with van der Waals surface area (Å²) in [7, 11) is 0. The minimum atomic E-state index is 0.475. The van der Waals surface area contributed by atoms with Crippen LogP contribution in [-0.2, 0) is 0 Å². The van der Waals surface area contributed by atoms with Crippen LogP contribution in [0.25, 0.3) is 100 Å². The van der Waals surface area contributed by atoms with Crippen LogP contribution < -0.4 is 0 Å². The molecule has 0 N–H and O–H groups in total. The van der Waals surface area contributed by atoms with E-state index >= 15 is 0 Å². The molecule has 0 spiro atoms. The molecular weight excluding hydrogens is 663 g/mol. The second kappa shape index (κ2) is 12.0. The molecule has 4 aromatic heterocycles. The molecule has 11 aromatic rings. The molecule has 0 aliphatic heterocycles. The van der Waals surface area contributed by atoms with E-state index in [1.54, 1.807) is 6.20 Å². The fraction of sp³-hybridized carbons (Fsp3) is 0. The van der Waals surface area contributed by atoms with Gasteiger partial charge in [-0.2, -0.15) is 0 Å². The van der Waals surface area contributed by atoms with Crippen LogP contribution in [0.15, 0.2) is 176 Å². The van der Waals surface area contributed by atoms with Crippen LogP contribution in [0.4, 0.5) is 0 Å². The predicted octanol–water partition coefficient (Wildman–Crippen LogP) is 11.0. The largest absolute Gasteiger partial charge is 0.309 e. The van der Waals surface area contributed by atoms with Crippen LogP contribution in [0, 0.1) is 0 Å². The Kier molecular flexibility index (Phi) is 6.72. The third-order valence-electron chi connectivity index (χ3n) is 10.3. The highest BCUT2D eigenvalue weighted by atomic mass is 15.2. The van der Waals surface area contributed by atoms with E-state index in [0.29, 0.717) is 29.1 Å². The first-order chi connectivity index (χ1) is 26.8. The first-order valence-electron chi connectivity index (χ1n) is 17.9. The van der Waals surface area contributed by atoms with Gasteiger partial charge in [0.1, 0.15) is 5.69 Å². The zero-order valence-electron chi connectivity index (χ0n) is 28.9. The van der Waals surface area contributed by atoms with E-state index in [2.05, 4.69) is 124 Å². The van der Waals surface area contributed by atoms with Gasteiger partial charge in [-0.3, -0.25) is 4.57 Å². The van der Waals surface area contributed by atoms with Gasteiger partial charge < -0.3 is 4.57 Å². The number of aromatic nitrogens is 7. The molecule has 7 heteroatoms. The summed E-state index contributed by atoms with van der Waals surface area (Å²) >= 11 is 0. The van der Waals surface area contributed by atoms with Gasteiger partial charge in [0.15, 0.2) is 17.5 Å². The average molecular weight is 692 g/mol. The standard InChI is InChI=1S/C47H29N7/c1-3-15-31(16-4-1)44-50-45(36-23-13-17-30-14-7-8-20-33(30)36)52-46(51-44)39-26-27-48-47(49-39)54-41-25-12-10-22-35(41)38-28-37-34-21-9-11-24-40(34)53(42(37)29-43(38)54)32-18-5-2-6-19-32/h1-29H. The Hall–Kier alpha value is -7.51. The number of fused-ring (bicyclic) bond motifs is 7. The summed E-state index contributed by atoms with van der Waals surface area (Å²) in [4.78, 5) is 25.2. The van der Waals surface area contributed by atoms with E-state index in [-0.39, 0.29) is 0 Å². The molecule has 7 nitrogen and oxygen atoms in total. The van der Waals surface area contributed by atoms with E-state index in [1.807, 2.05) is 54.6 Å². The predicted molar refractivity (Wildman–Crippen MR) is 218 cm³/mol. The van der Waals surface area contributed by atoms with Crippen LogP contribution in [0.5, 0.6) is 0 Å². The van der Waals surface area contributed by atoms with Gasteiger partial charge >= 0.3 is 0 Å². The molecule has 0 atom stereocenters. The van der Waals surface area contributed by atoms with Crippen molar-refractivity contribution in [2.75, 3.05) is 0 Å². The molecule has 0 fully saturated rings. The molecule has 0 aliphatic rings. The summed E-state index contributed by atoms with van der Waals surface area (Å²) in [6, 6.07) is 58.6. The molecule has 0 saturated carbocycles. The zero-order valence-corrected chi connectivity index (χ0v) is 28.9. The molecule has 7 aromatic carbocycles. The van der Waals surface area contributed by atoms with Crippen molar-refractivity contribution in [1.82, 2.24) is 34.1 Å². The first-order valence-corrected chi connectivity index (χ1v) is 17.9. The van der Waals surface area contributed by atoms with Crippen LogP contribution in [-0.4, -0.2) is 34.1 Å². The monoisotopic (exact) mass is 691 g/mol. The Labute approximate surface area is 309 Å². The summed E-state index contributed by atoms with van der Waals surface area (Å²) in [6.07, 6.45) is 1.79. The summed E-state index contributed by atoms with van der Waals surface area (Å²) < 4.78 is 4.50. The summed E-state index contributed by atoms with van der Waals surface area (Å²) in [5, 5.41) is 6.86. The Balaban J connectivity index is 1.15. The number of nitrogens with zero attached hydrogens (tertiary/aromatic N) is 7. The van der Waals surface area contributed by atoms with E-state index in [9.17, 15) is 0 Å². The Bertz CT molecular complexity index is 3210. The van der Waals surface area contributed by atoms with Crippen LogP contribution in [0.2, 0.25) is 0 Å².